The van der Waals surface area contributed by atoms with E-state index in [0.29, 0.717) is 17.0 Å². The van der Waals surface area contributed by atoms with Gasteiger partial charge < -0.3 is 4.57 Å². The minimum atomic E-state index is 0.526. The van der Waals surface area contributed by atoms with E-state index in [0.717, 1.165) is 89.0 Å². The largest absolute Gasteiger partial charge is 0.308 e. The molecular formula is C54H33N5. The molecule has 0 spiro atoms. The van der Waals surface area contributed by atoms with Gasteiger partial charge in [-0.05, 0) is 59.7 Å². The van der Waals surface area contributed by atoms with Crippen LogP contribution in [0.2, 0.25) is 0 Å². The van der Waals surface area contributed by atoms with Crippen molar-refractivity contribution < 1.29 is 0 Å². The Hall–Kier alpha value is -8.38. The smallest absolute Gasteiger partial charge is 0.160 e. The van der Waals surface area contributed by atoms with E-state index < -0.39 is 0 Å². The predicted molar refractivity (Wildman–Crippen MR) is 238 cm³/mol. The molecule has 0 unspecified atom stereocenters. The van der Waals surface area contributed by atoms with Crippen LogP contribution in [0.3, 0.4) is 0 Å². The van der Waals surface area contributed by atoms with Crippen molar-refractivity contribution >= 4 is 21.8 Å². The highest BCUT2D eigenvalue weighted by molar-refractivity contribution is 6.12. The molecule has 274 valence electrons. The summed E-state index contributed by atoms with van der Waals surface area (Å²) in [6.07, 6.45) is 0. The van der Waals surface area contributed by atoms with Gasteiger partial charge in [0.2, 0.25) is 0 Å². The summed E-state index contributed by atoms with van der Waals surface area (Å²) >= 11 is 0. The third kappa shape index (κ3) is 6.30. The highest BCUT2D eigenvalue weighted by Gasteiger charge is 2.25. The second-order valence-electron chi connectivity index (χ2n) is 14.4. The lowest BCUT2D eigenvalue weighted by Gasteiger charge is -2.22. The van der Waals surface area contributed by atoms with Gasteiger partial charge in [-0.1, -0.05) is 152 Å². The van der Waals surface area contributed by atoms with Crippen LogP contribution in [0.1, 0.15) is 11.1 Å². The van der Waals surface area contributed by atoms with Crippen LogP contribution in [0.5, 0.6) is 0 Å². The van der Waals surface area contributed by atoms with E-state index >= 15 is 0 Å². The summed E-state index contributed by atoms with van der Waals surface area (Å²) in [6.45, 7) is 0. The van der Waals surface area contributed by atoms with E-state index in [-0.39, 0.29) is 0 Å². The molecule has 0 aliphatic heterocycles. The van der Waals surface area contributed by atoms with Crippen LogP contribution in [0, 0.1) is 22.7 Å². The number of benzene rings is 8. The summed E-state index contributed by atoms with van der Waals surface area (Å²) in [6, 6.07) is 72.3. The van der Waals surface area contributed by atoms with Crippen LogP contribution in [0.15, 0.2) is 200 Å². The second kappa shape index (κ2) is 14.9. The number of aromatic nitrogens is 3. The summed E-state index contributed by atoms with van der Waals surface area (Å²) in [4.78, 5) is 10.5. The highest BCUT2D eigenvalue weighted by Crippen LogP contribution is 2.45. The first-order chi connectivity index (χ1) is 29.2. The Morgan fingerprint density at radius 1 is 0.356 bits per heavy atom. The van der Waals surface area contributed by atoms with Crippen LogP contribution < -0.4 is 0 Å². The minimum Gasteiger partial charge on any atom is -0.308 e. The molecule has 0 bridgehead atoms. The van der Waals surface area contributed by atoms with E-state index in [4.69, 9.17) is 9.97 Å². The summed E-state index contributed by atoms with van der Waals surface area (Å²) in [5.74, 6) is 0.526. The second-order valence-corrected chi connectivity index (χ2v) is 14.4. The predicted octanol–water partition coefficient (Wildman–Crippen LogP) is 13.3. The minimum absolute atomic E-state index is 0.526. The van der Waals surface area contributed by atoms with Crippen LogP contribution >= 0.6 is 0 Å². The van der Waals surface area contributed by atoms with Gasteiger partial charge in [0, 0.05) is 49.7 Å². The molecule has 2 aromatic heterocycles. The maximum Gasteiger partial charge on any atom is 0.160 e. The lowest BCUT2D eigenvalue weighted by Crippen LogP contribution is -2.04. The van der Waals surface area contributed by atoms with Crippen molar-refractivity contribution in [3.8, 4) is 85.1 Å². The number of para-hydroxylation sites is 1. The third-order valence-electron chi connectivity index (χ3n) is 10.9. The lowest BCUT2D eigenvalue weighted by molar-refractivity contribution is 1.16. The summed E-state index contributed by atoms with van der Waals surface area (Å²) < 4.78 is 2.30. The Labute approximate surface area is 342 Å². The van der Waals surface area contributed by atoms with Crippen molar-refractivity contribution in [1.29, 1.82) is 10.5 Å². The summed E-state index contributed by atoms with van der Waals surface area (Å²) in [5, 5.41) is 23.5. The Morgan fingerprint density at radius 3 is 1.39 bits per heavy atom. The normalized spacial score (nSPS) is 11.0. The molecule has 10 aromatic rings. The molecule has 2 heterocycles. The molecule has 5 heteroatoms. The standard InChI is InChI=1S/C54H33N5/c55-34-40-22-10-12-24-43(40)47-31-42(54-57-49(37-18-6-2-7-19-37)33-50(58-54)38-20-8-3-9-21-38)32-48(44-25-13-11-23-41(44)35-56)53(47)59-51-27-15-14-26-45(51)46-30-39(28-29-52(46)59)36-16-4-1-5-17-36/h1-33H. The van der Waals surface area contributed by atoms with Gasteiger partial charge in [-0.15, -0.1) is 0 Å². The van der Waals surface area contributed by atoms with Crippen molar-refractivity contribution in [2.24, 2.45) is 0 Å². The van der Waals surface area contributed by atoms with Crippen molar-refractivity contribution in [2.75, 3.05) is 0 Å². The fraction of sp³-hybridized carbons (Fsp3) is 0. The molecule has 0 atom stereocenters. The van der Waals surface area contributed by atoms with E-state index in [1.807, 2.05) is 97.1 Å². The van der Waals surface area contributed by atoms with Crippen LogP contribution in [0.25, 0.3) is 94.8 Å². The van der Waals surface area contributed by atoms with E-state index in [1.54, 1.807) is 0 Å². The van der Waals surface area contributed by atoms with Gasteiger partial charge in [-0.25, -0.2) is 9.97 Å². The van der Waals surface area contributed by atoms with Gasteiger partial charge in [0.05, 0.1) is 51.4 Å². The molecular weight excluding hydrogens is 719 g/mol. The quantitative estimate of drug-likeness (QED) is 0.162. The van der Waals surface area contributed by atoms with Gasteiger partial charge in [0.25, 0.3) is 0 Å². The molecule has 0 amide bonds. The molecule has 0 saturated carbocycles. The molecule has 0 N–H and O–H groups in total. The first-order valence-corrected chi connectivity index (χ1v) is 19.4. The third-order valence-corrected chi connectivity index (χ3v) is 10.9. The zero-order valence-electron chi connectivity index (χ0n) is 31.8. The summed E-state index contributed by atoms with van der Waals surface area (Å²) in [7, 11) is 0. The monoisotopic (exact) mass is 751 g/mol. The average Bonchev–Trinajstić information content (AvgIpc) is 3.65. The van der Waals surface area contributed by atoms with Gasteiger partial charge in [0.1, 0.15) is 0 Å². The molecule has 0 saturated heterocycles. The molecule has 5 nitrogen and oxygen atoms in total. The van der Waals surface area contributed by atoms with E-state index in [2.05, 4.69) is 120 Å². The van der Waals surface area contributed by atoms with Crippen LogP contribution in [-0.2, 0) is 0 Å². The molecule has 0 aliphatic rings. The Balaban J connectivity index is 1.35. The summed E-state index contributed by atoms with van der Waals surface area (Å²) in [5.41, 5.74) is 13.6. The van der Waals surface area contributed by atoms with Gasteiger partial charge in [-0.3, -0.25) is 0 Å². The van der Waals surface area contributed by atoms with Crippen molar-refractivity contribution in [2.45, 2.75) is 0 Å². The van der Waals surface area contributed by atoms with E-state index in [1.165, 1.54) is 0 Å². The maximum atomic E-state index is 10.6. The fourth-order valence-corrected chi connectivity index (χ4v) is 8.16. The Bertz CT molecular complexity index is 3140. The maximum absolute atomic E-state index is 10.6. The first kappa shape index (κ1) is 35.1. The molecule has 0 aliphatic carbocycles. The van der Waals surface area contributed by atoms with Crippen LogP contribution in [0.4, 0.5) is 0 Å². The number of nitriles is 2. The zero-order chi connectivity index (χ0) is 39.7. The number of hydrogen-bond donors (Lipinski definition) is 0. The van der Waals surface area contributed by atoms with Crippen LogP contribution in [-0.4, -0.2) is 14.5 Å². The highest BCUT2D eigenvalue weighted by atomic mass is 15.0. The number of fused-ring (bicyclic) bond motifs is 3. The number of nitrogens with zero attached hydrogens (tertiary/aromatic N) is 5. The Kier molecular flexibility index (Phi) is 8.88. The van der Waals surface area contributed by atoms with Gasteiger partial charge in [-0.2, -0.15) is 10.5 Å². The van der Waals surface area contributed by atoms with E-state index in [9.17, 15) is 10.5 Å². The van der Waals surface area contributed by atoms with Crippen molar-refractivity contribution in [1.82, 2.24) is 14.5 Å². The van der Waals surface area contributed by atoms with Gasteiger partial charge in [0.15, 0.2) is 5.82 Å². The molecule has 0 fully saturated rings. The molecule has 59 heavy (non-hydrogen) atoms. The SMILES string of the molecule is N#Cc1ccccc1-c1cc(-c2nc(-c3ccccc3)cc(-c3ccccc3)n2)cc(-c2ccccc2C#N)c1-n1c2ccccc2c2cc(-c3ccccc3)ccc21. The molecule has 8 aromatic carbocycles. The molecule has 10 rings (SSSR count). The average molecular weight is 752 g/mol. The van der Waals surface area contributed by atoms with Gasteiger partial charge >= 0.3 is 0 Å². The number of rotatable bonds is 7. The topological polar surface area (TPSA) is 78.3 Å². The zero-order valence-corrected chi connectivity index (χ0v) is 31.8. The first-order valence-electron chi connectivity index (χ1n) is 19.4. The molecule has 0 radical (unpaired) electrons. The Morgan fingerprint density at radius 2 is 0.831 bits per heavy atom. The fourth-order valence-electron chi connectivity index (χ4n) is 8.16. The lowest BCUT2D eigenvalue weighted by atomic mass is 9.89. The van der Waals surface area contributed by atoms with Crippen molar-refractivity contribution in [3.63, 3.8) is 0 Å². The number of hydrogen-bond acceptors (Lipinski definition) is 4. The van der Waals surface area contributed by atoms with Crippen molar-refractivity contribution in [3.05, 3.63) is 211 Å².